The molecule has 0 bridgehead atoms. The highest BCUT2D eigenvalue weighted by atomic mass is 127. The van der Waals surface area contributed by atoms with E-state index in [2.05, 4.69) is 37.6 Å². The summed E-state index contributed by atoms with van der Waals surface area (Å²) in [5.74, 6) is 0.908. The topological polar surface area (TPSA) is 52.1 Å². The maximum atomic E-state index is 6.44. The number of nitrogens with one attached hydrogen (secondary N) is 2. The zero-order valence-corrected chi connectivity index (χ0v) is 21.7. The van der Waals surface area contributed by atoms with Crippen molar-refractivity contribution in [3.63, 3.8) is 0 Å². The Morgan fingerprint density at radius 1 is 1.16 bits per heavy atom. The predicted molar refractivity (Wildman–Crippen MR) is 140 cm³/mol. The van der Waals surface area contributed by atoms with Gasteiger partial charge in [0.1, 0.15) is 0 Å². The Balaban J connectivity index is 0.00000272. The van der Waals surface area contributed by atoms with Gasteiger partial charge in [-0.1, -0.05) is 23.7 Å². The van der Waals surface area contributed by atoms with E-state index in [9.17, 15) is 0 Å². The fraction of sp³-hybridized carbons (Fsp3) is 0.696. The van der Waals surface area contributed by atoms with Gasteiger partial charge in [-0.3, -0.25) is 9.89 Å². The van der Waals surface area contributed by atoms with Gasteiger partial charge in [-0.2, -0.15) is 0 Å². The third-order valence-corrected chi connectivity index (χ3v) is 7.28. The van der Waals surface area contributed by atoms with Crippen molar-refractivity contribution in [3.05, 3.63) is 29.3 Å². The lowest BCUT2D eigenvalue weighted by molar-refractivity contribution is -0.0164. The van der Waals surface area contributed by atoms with Crippen molar-refractivity contribution in [2.75, 3.05) is 57.9 Å². The molecule has 8 heteroatoms. The summed E-state index contributed by atoms with van der Waals surface area (Å²) in [6.45, 7) is 7.06. The van der Waals surface area contributed by atoms with Gasteiger partial charge in [0.2, 0.25) is 0 Å². The van der Waals surface area contributed by atoms with Crippen LogP contribution in [-0.2, 0) is 4.74 Å². The highest BCUT2D eigenvalue weighted by Crippen LogP contribution is 2.31. The van der Waals surface area contributed by atoms with Crippen molar-refractivity contribution < 1.29 is 4.74 Å². The summed E-state index contributed by atoms with van der Waals surface area (Å²) in [5.41, 5.74) is 1.33. The zero-order valence-electron chi connectivity index (χ0n) is 18.6. The van der Waals surface area contributed by atoms with Gasteiger partial charge in [0.15, 0.2) is 5.96 Å². The molecule has 31 heavy (non-hydrogen) atoms. The third-order valence-electron chi connectivity index (χ3n) is 6.96. The molecule has 1 unspecified atom stereocenters. The molecule has 1 atom stereocenters. The van der Waals surface area contributed by atoms with E-state index < -0.39 is 0 Å². The van der Waals surface area contributed by atoms with Crippen LogP contribution in [0.15, 0.2) is 29.3 Å². The van der Waals surface area contributed by atoms with Crippen molar-refractivity contribution in [3.8, 4) is 0 Å². The molecule has 4 rings (SSSR count). The number of aliphatic imine (C=N–C) groups is 1. The number of anilines is 1. The second-order valence-electron chi connectivity index (χ2n) is 8.84. The van der Waals surface area contributed by atoms with Crippen molar-refractivity contribution in [1.29, 1.82) is 0 Å². The maximum absolute atomic E-state index is 6.44. The monoisotopic (exact) mass is 561 g/mol. The van der Waals surface area contributed by atoms with Crippen LogP contribution in [0, 0.1) is 0 Å². The number of nitrogens with zero attached hydrogens (tertiary/aromatic N) is 3. The minimum atomic E-state index is 0. The van der Waals surface area contributed by atoms with Gasteiger partial charge >= 0.3 is 0 Å². The lowest BCUT2D eigenvalue weighted by Gasteiger charge is -2.45. The van der Waals surface area contributed by atoms with Crippen LogP contribution in [0.5, 0.6) is 0 Å². The van der Waals surface area contributed by atoms with Crippen molar-refractivity contribution >= 4 is 47.2 Å². The normalized spacial score (nSPS) is 24.5. The average molecular weight is 562 g/mol. The van der Waals surface area contributed by atoms with E-state index in [-0.39, 0.29) is 29.5 Å². The Kier molecular flexibility index (Phi) is 9.55. The molecule has 1 aromatic rings. The number of rotatable bonds is 5. The van der Waals surface area contributed by atoms with Crippen LogP contribution in [0.4, 0.5) is 5.69 Å². The van der Waals surface area contributed by atoms with Gasteiger partial charge < -0.3 is 20.3 Å². The maximum Gasteiger partial charge on any atom is 0.191 e. The minimum absolute atomic E-state index is 0. The van der Waals surface area contributed by atoms with E-state index in [1.807, 2.05) is 19.2 Å². The number of hydrogen-bond donors (Lipinski definition) is 2. The number of benzene rings is 1. The van der Waals surface area contributed by atoms with E-state index in [0.717, 1.165) is 75.2 Å². The number of piperidine rings is 1. The van der Waals surface area contributed by atoms with Gasteiger partial charge in [0, 0.05) is 51.5 Å². The van der Waals surface area contributed by atoms with Crippen LogP contribution < -0.4 is 15.5 Å². The van der Waals surface area contributed by atoms with Gasteiger partial charge in [-0.05, 0) is 63.7 Å². The molecule has 2 N–H and O–H groups in total. The molecule has 0 amide bonds. The molecule has 0 saturated carbocycles. The molecule has 3 aliphatic heterocycles. The number of ether oxygens (including phenoxy) is 1. The molecule has 0 aromatic heterocycles. The summed E-state index contributed by atoms with van der Waals surface area (Å²) >= 11 is 6.44. The van der Waals surface area contributed by atoms with Crippen LogP contribution in [0.25, 0.3) is 0 Å². The summed E-state index contributed by atoms with van der Waals surface area (Å²) in [6, 6.07) is 8.50. The summed E-state index contributed by atoms with van der Waals surface area (Å²) in [7, 11) is 1.87. The first-order valence-corrected chi connectivity index (χ1v) is 11.9. The molecule has 3 fully saturated rings. The van der Waals surface area contributed by atoms with Gasteiger partial charge in [0.25, 0.3) is 0 Å². The number of guanidine groups is 1. The molecule has 0 spiro atoms. The highest BCUT2D eigenvalue weighted by molar-refractivity contribution is 14.0. The lowest BCUT2D eigenvalue weighted by Crippen LogP contribution is -2.60. The van der Waals surface area contributed by atoms with E-state index in [1.165, 1.54) is 25.9 Å². The standard InChI is InChI=1S/C23H36ClN5O.HI/c1-25-22(26-18-23(10-15-30-16-11-23)29-13-4-5-14-29)27-19-7-6-12-28(17-19)21-9-3-2-8-20(21)24;/h2-3,8-9,19H,4-7,10-18H2,1H3,(H2,25,26,27);1H. The minimum Gasteiger partial charge on any atom is -0.381 e. The first kappa shape index (κ1) is 24.9. The number of halogens is 2. The second-order valence-corrected chi connectivity index (χ2v) is 9.24. The van der Waals surface area contributed by atoms with Crippen molar-refractivity contribution in [1.82, 2.24) is 15.5 Å². The number of para-hydroxylation sites is 1. The molecule has 3 aliphatic rings. The molecule has 3 saturated heterocycles. The SMILES string of the molecule is CN=C(NCC1(N2CCCC2)CCOCC1)NC1CCCN(c2ccccc2Cl)C1.I. The quantitative estimate of drug-likeness (QED) is 0.326. The Morgan fingerprint density at radius 3 is 2.61 bits per heavy atom. The van der Waals surface area contributed by atoms with E-state index in [4.69, 9.17) is 16.3 Å². The van der Waals surface area contributed by atoms with Gasteiger partial charge in [-0.15, -0.1) is 24.0 Å². The van der Waals surface area contributed by atoms with Crippen molar-refractivity contribution in [2.24, 2.45) is 4.99 Å². The third kappa shape index (κ3) is 6.18. The molecule has 1 aromatic carbocycles. The smallest absolute Gasteiger partial charge is 0.191 e. The summed E-state index contributed by atoms with van der Waals surface area (Å²) in [6.07, 6.45) is 7.12. The van der Waals surface area contributed by atoms with Gasteiger partial charge in [0.05, 0.1) is 10.7 Å². The fourth-order valence-electron chi connectivity index (χ4n) is 5.21. The highest BCUT2D eigenvalue weighted by Gasteiger charge is 2.39. The summed E-state index contributed by atoms with van der Waals surface area (Å²) in [5, 5.41) is 8.17. The van der Waals surface area contributed by atoms with Crippen LogP contribution in [0.2, 0.25) is 5.02 Å². The molecule has 6 nitrogen and oxygen atoms in total. The Morgan fingerprint density at radius 2 is 1.90 bits per heavy atom. The molecular weight excluding hydrogens is 525 g/mol. The molecule has 3 heterocycles. The fourth-order valence-corrected chi connectivity index (χ4v) is 5.46. The van der Waals surface area contributed by atoms with Crippen LogP contribution in [0.1, 0.15) is 38.5 Å². The number of hydrogen-bond acceptors (Lipinski definition) is 4. The van der Waals surface area contributed by atoms with Gasteiger partial charge in [-0.25, -0.2) is 0 Å². The first-order chi connectivity index (χ1) is 14.7. The Labute approximate surface area is 209 Å². The Hall–Kier alpha value is -0.770. The zero-order chi connectivity index (χ0) is 20.8. The average Bonchev–Trinajstić information content (AvgIpc) is 3.33. The van der Waals surface area contributed by atoms with Crippen LogP contribution >= 0.6 is 35.6 Å². The van der Waals surface area contributed by atoms with Crippen molar-refractivity contribution in [2.45, 2.75) is 50.1 Å². The predicted octanol–water partition coefficient (Wildman–Crippen LogP) is 3.74. The lowest BCUT2D eigenvalue weighted by atomic mass is 9.88. The number of likely N-dealkylation sites (tertiary alicyclic amines) is 1. The van der Waals surface area contributed by atoms with Crippen LogP contribution in [0.3, 0.4) is 0 Å². The largest absolute Gasteiger partial charge is 0.381 e. The van der Waals surface area contributed by atoms with E-state index in [0.29, 0.717) is 6.04 Å². The molecule has 174 valence electrons. The van der Waals surface area contributed by atoms with E-state index >= 15 is 0 Å². The molecule has 0 aliphatic carbocycles. The summed E-state index contributed by atoms with van der Waals surface area (Å²) in [4.78, 5) is 9.62. The summed E-state index contributed by atoms with van der Waals surface area (Å²) < 4.78 is 5.69. The molecular formula is C23H37ClIN5O. The van der Waals surface area contributed by atoms with E-state index in [1.54, 1.807) is 0 Å². The second kappa shape index (κ2) is 11.9. The first-order valence-electron chi connectivity index (χ1n) is 11.5. The Bertz CT molecular complexity index is 722. The van der Waals surface area contributed by atoms with Crippen LogP contribution in [-0.4, -0.2) is 75.4 Å². The molecule has 0 radical (unpaired) electrons.